The summed E-state index contributed by atoms with van der Waals surface area (Å²) in [5.74, 6) is 0.849. The van der Waals surface area contributed by atoms with Gasteiger partial charge in [0, 0.05) is 29.0 Å². The van der Waals surface area contributed by atoms with E-state index in [0.717, 1.165) is 37.8 Å². The molecule has 7 heteroatoms. The number of halogens is 1. The maximum absolute atomic E-state index is 12.5. The number of carbonyl (C=O) groups is 1. The van der Waals surface area contributed by atoms with Crippen LogP contribution in [0.25, 0.3) is 22.2 Å². The lowest BCUT2D eigenvalue weighted by molar-refractivity contribution is -0.135. The highest BCUT2D eigenvalue weighted by molar-refractivity contribution is 9.10. The monoisotopic (exact) mass is 501 g/mol. The van der Waals surface area contributed by atoms with Crippen LogP contribution < -0.4 is 4.74 Å². The van der Waals surface area contributed by atoms with Crippen molar-refractivity contribution in [3.63, 3.8) is 0 Å². The van der Waals surface area contributed by atoms with E-state index in [1.165, 1.54) is 11.9 Å². The van der Waals surface area contributed by atoms with Crippen molar-refractivity contribution in [3.8, 4) is 17.0 Å². The van der Waals surface area contributed by atoms with E-state index in [2.05, 4.69) is 21.0 Å². The van der Waals surface area contributed by atoms with Crippen LogP contribution in [-0.2, 0) is 9.53 Å². The molecule has 0 radical (unpaired) electrons. The number of rotatable bonds is 4. The van der Waals surface area contributed by atoms with E-state index in [9.17, 15) is 4.79 Å². The van der Waals surface area contributed by atoms with Crippen molar-refractivity contribution in [3.05, 3.63) is 94.5 Å². The zero-order valence-corrected chi connectivity index (χ0v) is 19.6. The second kappa shape index (κ2) is 8.67. The van der Waals surface area contributed by atoms with Crippen LogP contribution in [0.1, 0.15) is 24.3 Å². The average Bonchev–Trinajstić information content (AvgIpc) is 3.29. The summed E-state index contributed by atoms with van der Waals surface area (Å²) < 4.78 is 12.4. The first-order chi connectivity index (χ1) is 16.0. The topological polar surface area (TPSA) is 64.0 Å². The molecule has 1 aliphatic rings. The fourth-order valence-corrected chi connectivity index (χ4v) is 4.40. The highest BCUT2D eigenvalue weighted by atomic mass is 79.9. The normalized spacial score (nSPS) is 15.3. The van der Waals surface area contributed by atoms with Crippen LogP contribution in [0.4, 0.5) is 0 Å². The molecule has 1 aliphatic heterocycles. The molecule has 0 unspecified atom stereocenters. The quantitative estimate of drug-likeness (QED) is 0.348. The third-order valence-corrected chi connectivity index (χ3v) is 6.06. The number of pyridine rings is 1. The van der Waals surface area contributed by atoms with Crippen molar-refractivity contribution in [1.29, 1.82) is 0 Å². The number of hydrazone groups is 1. The van der Waals surface area contributed by atoms with Gasteiger partial charge in [-0.1, -0.05) is 48.5 Å². The summed E-state index contributed by atoms with van der Waals surface area (Å²) in [6.07, 6.45) is -0.688. The highest BCUT2D eigenvalue weighted by Gasteiger charge is 2.34. The first-order valence-electron chi connectivity index (χ1n) is 10.4. The molecule has 1 amide bonds. The number of nitrogens with zero attached hydrogens (tertiary/aromatic N) is 3. The van der Waals surface area contributed by atoms with Crippen LogP contribution in [0, 0.1) is 0 Å². The van der Waals surface area contributed by atoms with E-state index in [1.54, 1.807) is 7.11 Å². The number of ether oxygens (including phenoxy) is 2. The second-order valence-electron chi connectivity index (χ2n) is 7.57. The number of aromatic nitrogens is 1. The lowest BCUT2D eigenvalue weighted by atomic mass is 10.0. The second-order valence-corrected chi connectivity index (χ2v) is 8.43. The number of para-hydroxylation sites is 1. The minimum atomic E-state index is -0.688. The summed E-state index contributed by atoms with van der Waals surface area (Å²) in [6.45, 7) is 1.47. The molecule has 0 saturated heterocycles. The largest absolute Gasteiger partial charge is 0.496 e. The molecule has 0 aliphatic carbocycles. The summed E-state index contributed by atoms with van der Waals surface area (Å²) in [5.41, 5.74) is 4.17. The van der Waals surface area contributed by atoms with Gasteiger partial charge < -0.3 is 9.47 Å². The summed E-state index contributed by atoms with van der Waals surface area (Å²) in [4.78, 5) is 17.3. The van der Waals surface area contributed by atoms with Crippen molar-refractivity contribution < 1.29 is 14.3 Å². The summed E-state index contributed by atoms with van der Waals surface area (Å²) in [5, 5.41) is 6.84. The number of hydrogen-bond acceptors (Lipinski definition) is 5. The van der Waals surface area contributed by atoms with Crippen LogP contribution in [0.2, 0.25) is 0 Å². The van der Waals surface area contributed by atoms with E-state index in [1.807, 2.05) is 78.9 Å². The van der Waals surface area contributed by atoms with E-state index < -0.39 is 6.23 Å². The van der Waals surface area contributed by atoms with Crippen LogP contribution in [-0.4, -0.2) is 28.9 Å². The number of benzene rings is 3. The molecule has 1 atom stereocenters. The van der Waals surface area contributed by atoms with Crippen molar-refractivity contribution >= 4 is 38.6 Å². The number of methoxy groups -OCH3 is 1. The number of hydrogen-bond donors (Lipinski definition) is 0. The number of amides is 1. The Hall–Kier alpha value is -3.71. The van der Waals surface area contributed by atoms with E-state index in [4.69, 9.17) is 14.5 Å². The Bertz CT molecular complexity index is 1390. The molecule has 0 spiro atoms. The van der Waals surface area contributed by atoms with Gasteiger partial charge in [-0.3, -0.25) is 4.79 Å². The van der Waals surface area contributed by atoms with E-state index >= 15 is 0 Å². The Morgan fingerprint density at radius 1 is 1.03 bits per heavy atom. The van der Waals surface area contributed by atoms with Gasteiger partial charge in [-0.25, -0.2) is 4.98 Å². The third kappa shape index (κ3) is 3.96. The molecule has 0 saturated carbocycles. The fraction of sp³-hybridized carbons (Fsp3) is 0.115. The van der Waals surface area contributed by atoms with Gasteiger partial charge in [-0.05, 0) is 46.3 Å². The molecular weight excluding hydrogens is 482 g/mol. The van der Waals surface area contributed by atoms with Gasteiger partial charge in [0.25, 0.3) is 0 Å². The van der Waals surface area contributed by atoms with E-state index in [0.29, 0.717) is 11.6 Å². The van der Waals surface area contributed by atoms with Crippen molar-refractivity contribution in [2.45, 2.75) is 13.2 Å². The fourth-order valence-electron chi connectivity index (χ4n) is 3.84. The smallest absolute Gasteiger partial charge is 0.243 e. The summed E-state index contributed by atoms with van der Waals surface area (Å²) in [7, 11) is 1.60. The minimum absolute atomic E-state index is 0.219. The lowest BCUT2D eigenvalue weighted by Gasteiger charge is -2.20. The molecule has 0 bridgehead atoms. The molecule has 4 aromatic rings. The van der Waals surface area contributed by atoms with Crippen molar-refractivity contribution in [2.24, 2.45) is 5.10 Å². The Morgan fingerprint density at radius 3 is 2.52 bits per heavy atom. The van der Waals surface area contributed by atoms with Gasteiger partial charge in [-0.2, -0.15) is 5.01 Å². The Balaban J connectivity index is 1.62. The first-order valence-corrected chi connectivity index (χ1v) is 11.2. The van der Waals surface area contributed by atoms with Gasteiger partial charge in [0.05, 0.1) is 22.8 Å². The SMILES string of the molecule is COc1ccc([C@@H]2OC(c3cc(-c4ccccc4)nc4ccccc34)=NN2C(C)=O)cc1Br. The predicted octanol–water partition coefficient (Wildman–Crippen LogP) is 5.91. The molecule has 3 aromatic carbocycles. The molecule has 0 N–H and O–H groups in total. The maximum atomic E-state index is 12.5. The van der Waals surface area contributed by atoms with Crippen LogP contribution >= 0.6 is 15.9 Å². The summed E-state index contributed by atoms with van der Waals surface area (Å²) >= 11 is 3.51. The molecule has 164 valence electrons. The van der Waals surface area contributed by atoms with Crippen molar-refractivity contribution in [2.75, 3.05) is 7.11 Å². The maximum Gasteiger partial charge on any atom is 0.243 e. The third-order valence-electron chi connectivity index (χ3n) is 5.44. The minimum Gasteiger partial charge on any atom is -0.496 e. The molecule has 0 fully saturated rings. The van der Waals surface area contributed by atoms with Gasteiger partial charge >= 0.3 is 0 Å². The zero-order chi connectivity index (χ0) is 22.9. The average molecular weight is 502 g/mol. The predicted molar refractivity (Wildman–Crippen MR) is 131 cm³/mol. The standard InChI is InChI=1S/C26H20BrN3O3/c1-16(31)30-26(18-12-13-24(32-2)21(27)14-18)33-25(29-30)20-15-23(17-8-4-3-5-9-17)28-22-11-7-6-10-19(20)22/h3-15,26H,1-2H3/t26-/m0/s1. The van der Waals surface area contributed by atoms with Crippen molar-refractivity contribution in [1.82, 2.24) is 9.99 Å². The molecule has 6 nitrogen and oxygen atoms in total. The molecular formula is C26H20BrN3O3. The Kier molecular flexibility index (Phi) is 5.56. The van der Waals surface area contributed by atoms with Crippen LogP contribution in [0.3, 0.4) is 0 Å². The molecule has 1 aromatic heterocycles. The van der Waals surface area contributed by atoms with Gasteiger partial charge in [0.2, 0.25) is 18.0 Å². The van der Waals surface area contributed by atoms with Gasteiger partial charge in [0.15, 0.2) is 0 Å². The molecule has 2 heterocycles. The van der Waals surface area contributed by atoms with Crippen LogP contribution in [0.5, 0.6) is 5.75 Å². The summed E-state index contributed by atoms with van der Waals surface area (Å²) in [6, 6.07) is 25.3. The Labute approximate surface area is 199 Å². The lowest BCUT2D eigenvalue weighted by Crippen LogP contribution is -2.25. The van der Waals surface area contributed by atoms with Gasteiger partial charge in [-0.15, -0.1) is 5.10 Å². The first kappa shape index (κ1) is 21.2. The number of carbonyl (C=O) groups excluding carboxylic acids is 1. The molecule has 5 rings (SSSR count). The van der Waals surface area contributed by atoms with Crippen LogP contribution in [0.15, 0.2) is 88.4 Å². The zero-order valence-electron chi connectivity index (χ0n) is 18.0. The highest BCUT2D eigenvalue weighted by Crippen LogP contribution is 2.36. The molecule has 33 heavy (non-hydrogen) atoms. The number of fused-ring (bicyclic) bond motifs is 1. The van der Waals surface area contributed by atoms with Gasteiger partial charge in [0.1, 0.15) is 5.75 Å². The van der Waals surface area contributed by atoms with E-state index in [-0.39, 0.29) is 5.91 Å². The Morgan fingerprint density at radius 2 is 1.79 bits per heavy atom.